The van der Waals surface area contributed by atoms with Crippen LogP contribution >= 0.6 is 0 Å². The fourth-order valence-electron chi connectivity index (χ4n) is 3.25. The zero-order chi connectivity index (χ0) is 13.8. The van der Waals surface area contributed by atoms with E-state index in [0.717, 1.165) is 23.9 Å². The molecule has 0 saturated heterocycles. The van der Waals surface area contributed by atoms with Crippen LogP contribution in [0.4, 0.5) is 5.69 Å². The molecule has 1 aliphatic carbocycles. The van der Waals surface area contributed by atoms with Crippen LogP contribution in [0.5, 0.6) is 5.75 Å². The van der Waals surface area contributed by atoms with Crippen molar-refractivity contribution in [3.63, 3.8) is 0 Å². The third-order valence-electron chi connectivity index (χ3n) is 4.29. The van der Waals surface area contributed by atoms with Crippen LogP contribution in [0.2, 0.25) is 0 Å². The van der Waals surface area contributed by atoms with Gasteiger partial charge in [-0.25, -0.2) is 0 Å². The Morgan fingerprint density at radius 1 is 1.26 bits per heavy atom. The molecule has 1 fully saturated rings. The minimum atomic E-state index is 0.696. The van der Waals surface area contributed by atoms with Gasteiger partial charge >= 0.3 is 0 Å². The lowest BCUT2D eigenvalue weighted by Gasteiger charge is -2.36. The topological polar surface area (TPSA) is 38.5 Å². The lowest BCUT2D eigenvalue weighted by Crippen LogP contribution is -2.38. The second kappa shape index (κ2) is 6.29. The number of nitrogens with two attached hydrogens (primary N) is 1. The van der Waals surface area contributed by atoms with E-state index in [2.05, 4.69) is 24.9 Å². The number of nitrogens with zero attached hydrogens (tertiary/aromatic N) is 1. The zero-order valence-corrected chi connectivity index (χ0v) is 12.4. The molecule has 2 rings (SSSR count). The van der Waals surface area contributed by atoms with Crippen LogP contribution in [-0.4, -0.2) is 25.1 Å². The lowest BCUT2D eigenvalue weighted by atomic mass is 9.85. The van der Waals surface area contributed by atoms with E-state index >= 15 is 0 Å². The van der Waals surface area contributed by atoms with Gasteiger partial charge in [-0.1, -0.05) is 19.8 Å². The molecule has 1 saturated carbocycles. The van der Waals surface area contributed by atoms with E-state index in [1.807, 2.05) is 12.1 Å². The summed E-state index contributed by atoms with van der Waals surface area (Å²) in [7, 11) is 3.91. The van der Waals surface area contributed by atoms with Crippen molar-refractivity contribution >= 4 is 5.69 Å². The summed E-state index contributed by atoms with van der Waals surface area (Å²) in [6, 6.07) is 6.70. The Balaban J connectivity index is 2.05. The van der Waals surface area contributed by atoms with Crippen LogP contribution in [0.25, 0.3) is 0 Å². The van der Waals surface area contributed by atoms with Crippen molar-refractivity contribution in [2.45, 2.75) is 45.2 Å². The summed E-state index contributed by atoms with van der Waals surface area (Å²) < 4.78 is 5.29. The van der Waals surface area contributed by atoms with E-state index in [4.69, 9.17) is 10.5 Å². The molecule has 19 heavy (non-hydrogen) atoms. The highest BCUT2D eigenvalue weighted by Crippen LogP contribution is 2.29. The monoisotopic (exact) mass is 262 g/mol. The molecular formula is C16H26N2O. The van der Waals surface area contributed by atoms with Crippen LogP contribution < -0.4 is 10.5 Å². The molecule has 1 aromatic rings. The molecule has 0 radical (unpaired) electrons. The third-order valence-corrected chi connectivity index (χ3v) is 4.29. The molecule has 1 aliphatic rings. The largest absolute Gasteiger partial charge is 0.497 e. The maximum absolute atomic E-state index is 5.92. The molecule has 1 aromatic carbocycles. The quantitative estimate of drug-likeness (QED) is 0.846. The second-order valence-electron chi connectivity index (χ2n) is 5.86. The normalized spacial score (nSPS) is 23.6. The van der Waals surface area contributed by atoms with Crippen LogP contribution in [0.1, 0.15) is 38.2 Å². The number of methoxy groups -OCH3 is 1. The molecule has 0 amide bonds. The molecule has 2 atom stereocenters. The Morgan fingerprint density at radius 2 is 2.00 bits per heavy atom. The van der Waals surface area contributed by atoms with Crippen molar-refractivity contribution in [1.82, 2.24) is 4.90 Å². The van der Waals surface area contributed by atoms with Gasteiger partial charge in [0.15, 0.2) is 0 Å². The molecule has 0 bridgehead atoms. The van der Waals surface area contributed by atoms with Gasteiger partial charge in [0.25, 0.3) is 0 Å². The van der Waals surface area contributed by atoms with Crippen molar-refractivity contribution in [1.29, 1.82) is 0 Å². The summed E-state index contributed by atoms with van der Waals surface area (Å²) in [4.78, 5) is 2.47. The van der Waals surface area contributed by atoms with Crippen molar-refractivity contribution in [3.05, 3.63) is 23.8 Å². The minimum absolute atomic E-state index is 0.696. The first-order valence-corrected chi connectivity index (χ1v) is 7.24. The molecule has 0 aromatic heterocycles. The van der Waals surface area contributed by atoms with Crippen molar-refractivity contribution in [2.24, 2.45) is 5.92 Å². The highest BCUT2D eigenvalue weighted by Gasteiger charge is 2.24. The van der Waals surface area contributed by atoms with Crippen LogP contribution in [-0.2, 0) is 6.54 Å². The Bertz CT molecular complexity index is 419. The van der Waals surface area contributed by atoms with Gasteiger partial charge in [-0.2, -0.15) is 0 Å². The summed E-state index contributed by atoms with van der Waals surface area (Å²) in [5.74, 6) is 1.64. The van der Waals surface area contributed by atoms with E-state index in [9.17, 15) is 0 Å². The van der Waals surface area contributed by atoms with E-state index in [-0.39, 0.29) is 0 Å². The molecule has 106 valence electrons. The summed E-state index contributed by atoms with van der Waals surface area (Å²) in [5.41, 5.74) is 7.93. The highest BCUT2D eigenvalue weighted by atomic mass is 16.5. The van der Waals surface area contributed by atoms with Gasteiger partial charge < -0.3 is 10.5 Å². The number of hydrogen-bond donors (Lipinski definition) is 1. The first kappa shape index (κ1) is 14.2. The molecule has 0 aliphatic heterocycles. The molecule has 0 heterocycles. The smallest absolute Gasteiger partial charge is 0.121 e. The van der Waals surface area contributed by atoms with Crippen molar-refractivity contribution < 1.29 is 4.74 Å². The maximum Gasteiger partial charge on any atom is 0.121 e. The number of benzene rings is 1. The fraction of sp³-hybridized carbons (Fsp3) is 0.625. The summed E-state index contributed by atoms with van der Waals surface area (Å²) in [6.07, 6.45) is 5.42. The average molecular weight is 262 g/mol. The molecular weight excluding hydrogens is 236 g/mol. The van der Waals surface area contributed by atoms with Gasteiger partial charge in [-0.3, -0.25) is 4.90 Å². The fourth-order valence-corrected chi connectivity index (χ4v) is 3.25. The third kappa shape index (κ3) is 3.63. The van der Waals surface area contributed by atoms with Gasteiger partial charge in [0.1, 0.15) is 5.75 Å². The highest BCUT2D eigenvalue weighted by molar-refractivity contribution is 5.47. The van der Waals surface area contributed by atoms with E-state index in [1.54, 1.807) is 7.11 Å². The van der Waals surface area contributed by atoms with Crippen molar-refractivity contribution in [2.75, 3.05) is 19.9 Å². The maximum atomic E-state index is 5.92. The molecule has 3 heteroatoms. The Labute approximate surface area is 116 Å². The molecule has 2 N–H and O–H groups in total. The van der Waals surface area contributed by atoms with E-state index in [0.29, 0.717) is 6.04 Å². The van der Waals surface area contributed by atoms with Crippen LogP contribution in [0.3, 0.4) is 0 Å². The number of rotatable bonds is 4. The van der Waals surface area contributed by atoms with Crippen LogP contribution in [0, 0.1) is 5.92 Å². The Morgan fingerprint density at radius 3 is 2.68 bits per heavy atom. The number of nitrogen functional groups attached to an aromatic ring is 1. The second-order valence-corrected chi connectivity index (χ2v) is 5.86. The SMILES string of the molecule is COc1cc(N)cc(CN(C)C2CCCCC2C)c1. The molecule has 3 nitrogen and oxygen atoms in total. The van der Waals surface area contributed by atoms with Gasteiger partial charge in [-0.05, 0) is 43.5 Å². The van der Waals surface area contributed by atoms with Crippen LogP contribution in [0.15, 0.2) is 18.2 Å². The van der Waals surface area contributed by atoms with Gasteiger partial charge in [0, 0.05) is 24.3 Å². The standard InChI is InChI=1S/C16H26N2O/c1-12-6-4-5-7-16(12)18(2)11-13-8-14(17)10-15(9-13)19-3/h8-10,12,16H,4-7,11,17H2,1-3H3. The van der Waals surface area contributed by atoms with E-state index in [1.165, 1.54) is 31.2 Å². The van der Waals surface area contributed by atoms with E-state index < -0.39 is 0 Å². The molecule has 0 spiro atoms. The van der Waals surface area contributed by atoms with Gasteiger partial charge in [0.05, 0.1) is 7.11 Å². The summed E-state index contributed by atoms with van der Waals surface area (Å²) >= 11 is 0. The Kier molecular flexibility index (Phi) is 4.70. The van der Waals surface area contributed by atoms with Gasteiger partial charge in [-0.15, -0.1) is 0 Å². The number of ether oxygens (including phenoxy) is 1. The summed E-state index contributed by atoms with van der Waals surface area (Å²) in [5, 5.41) is 0. The average Bonchev–Trinajstić information content (AvgIpc) is 2.38. The zero-order valence-electron chi connectivity index (χ0n) is 12.4. The lowest BCUT2D eigenvalue weighted by molar-refractivity contribution is 0.133. The minimum Gasteiger partial charge on any atom is -0.497 e. The van der Waals surface area contributed by atoms with Gasteiger partial charge in [0.2, 0.25) is 0 Å². The Hall–Kier alpha value is -1.22. The predicted octanol–water partition coefficient (Wildman–Crippen LogP) is 3.29. The first-order chi connectivity index (χ1) is 9.10. The predicted molar refractivity (Wildman–Crippen MR) is 80.3 cm³/mol. The number of anilines is 1. The number of hydrogen-bond acceptors (Lipinski definition) is 3. The molecule has 2 unspecified atom stereocenters. The van der Waals surface area contributed by atoms with Crippen molar-refractivity contribution in [3.8, 4) is 5.75 Å². The summed E-state index contributed by atoms with van der Waals surface area (Å²) in [6.45, 7) is 3.32. The first-order valence-electron chi connectivity index (χ1n) is 7.24.